The summed E-state index contributed by atoms with van der Waals surface area (Å²) in [7, 11) is 0. The number of piperidine rings is 1. The first-order valence-electron chi connectivity index (χ1n) is 11.2. The fourth-order valence-corrected chi connectivity index (χ4v) is 5.35. The number of nitrogens with one attached hydrogen (secondary N) is 2. The second-order valence-electron chi connectivity index (χ2n) is 9.82. The maximum atomic E-state index is 13.5. The number of nitrogens with zero attached hydrogens (tertiary/aromatic N) is 1. The summed E-state index contributed by atoms with van der Waals surface area (Å²) >= 11 is 1.41. The van der Waals surface area contributed by atoms with Crippen molar-refractivity contribution in [2.24, 2.45) is 0 Å². The van der Waals surface area contributed by atoms with E-state index < -0.39 is 0 Å². The Morgan fingerprint density at radius 1 is 1.10 bits per heavy atom. The minimum absolute atomic E-state index is 0.0207. The van der Waals surface area contributed by atoms with Gasteiger partial charge in [-0.25, -0.2) is 0 Å². The van der Waals surface area contributed by atoms with E-state index in [1.807, 2.05) is 35.7 Å². The Balaban J connectivity index is 1.76. The molecule has 6 heteroatoms. The van der Waals surface area contributed by atoms with E-state index >= 15 is 0 Å². The third kappa shape index (κ3) is 6.17. The number of hydrogen-bond acceptors (Lipinski definition) is 4. The van der Waals surface area contributed by atoms with Crippen LogP contribution in [0.3, 0.4) is 0 Å². The Morgan fingerprint density at radius 3 is 2.29 bits per heavy atom. The van der Waals surface area contributed by atoms with Crippen molar-refractivity contribution in [1.29, 1.82) is 0 Å². The second kappa shape index (κ2) is 9.53. The van der Waals surface area contributed by atoms with Crippen LogP contribution in [0.25, 0.3) is 0 Å². The molecule has 0 unspecified atom stereocenters. The molecule has 1 aliphatic heterocycles. The lowest BCUT2D eigenvalue weighted by Crippen LogP contribution is -2.62. The van der Waals surface area contributed by atoms with Crippen LogP contribution in [0, 0.1) is 0 Å². The Bertz CT molecular complexity index is 872. The first kappa shape index (κ1) is 23.5. The minimum Gasteiger partial charge on any atom is -0.336 e. The lowest BCUT2D eigenvalue weighted by Gasteiger charge is -2.49. The average Bonchev–Trinajstić information content (AvgIpc) is 3.21. The van der Waals surface area contributed by atoms with Crippen LogP contribution in [0.15, 0.2) is 41.8 Å². The quantitative estimate of drug-likeness (QED) is 0.592. The van der Waals surface area contributed by atoms with Crippen LogP contribution < -0.4 is 10.6 Å². The number of carbonyl (C=O) groups is 2. The molecule has 0 spiro atoms. The highest BCUT2D eigenvalue weighted by Gasteiger charge is 2.41. The average molecular weight is 442 g/mol. The molecule has 1 aromatic heterocycles. The van der Waals surface area contributed by atoms with Crippen molar-refractivity contribution in [3.05, 3.63) is 52.2 Å². The van der Waals surface area contributed by atoms with Gasteiger partial charge in [-0.1, -0.05) is 19.4 Å². The lowest BCUT2D eigenvalue weighted by atomic mass is 9.78. The van der Waals surface area contributed by atoms with E-state index in [0.717, 1.165) is 32.2 Å². The van der Waals surface area contributed by atoms with E-state index in [2.05, 4.69) is 50.2 Å². The van der Waals surface area contributed by atoms with Crippen LogP contribution in [0.1, 0.15) is 80.3 Å². The molecule has 2 aromatic rings. The number of anilines is 1. The molecule has 1 saturated heterocycles. The number of benzene rings is 1. The van der Waals surface area contributed by atoms with Gasteiger partial charge in [-0.2, -0.15) is 0 Å². The van der Waals surface area contributed by atoms with Gasteiger partial charge in [0.25, 0.3) is 11.8 Å². The third-order valence-corrected chi connectivity index (χ3v) is 6.63. The van der Waals surface area contributed by atoms with Gasteiger partial charge in [0.2, 0.25) is 0 Å². The number of carbonyl (C=O) groups excluding carboxylic acids is 2. The number of hydrogen-bond donors (Lipinski definition) is 2. The lowest BCUT2D eigenvalue weighted by molar-refractivity contribution is 0.0441. The van der Waals surface area contributed by atoms with E-state index in [1.165, 1.54) is 11.3 Å². The first-order chi connectivity index (χ1) is 14.6. The molecule has 0 atom stereocenters. The van der Waals surface area contributed by atoms with E-state index in [9.17, 15) is 9.59 Å². The van der Waals surface area contributed by atoms with Gasteiger partial charge < -0.3 is 15.5 Å². The third-order valence-electron chi connectivity index (χ3n) is 5.76. The fraction of sp³-hybridized carbons (Fsp3) is 0.520. The topological polar surface area (TPSA) is 61.4 Å². The summed E-state index contributed by atoms with van der Waals surface area (Å²) in [5, 5.41) is 8.49. The van der Waals surface area contributed by atoms with Gasteiger partial charge in [-0.05, 0) is 82.7 Å². The van der Waals surface area contributed by atoms with E-state index in [1.54, 1.807) is 6.07 Å². The van der Waals surface area contributed by atoms with Crippen molar-refractivity contribution in [3.8, 4) is 0 Å². The van der Waals surface area contributed by atoms with Crippen LogP contribution in [0.5, 0.6) is 0 Å². The molecule has 1 fully saturated rings. The highest BCUT2D eigenvalue weighted by molar-refractivity contribution is 7.12. The van der Waals surface area contributed by atoms with Gasteiger partial charge in [-0.3, -0.25) is 9.59 Å². The van der Waals surface area contributed by atoms with Gasteiger partial charge in [-0.15, -0.1) is 11.3 Å². The molecule has 0 aliphatic carbocycles. The molecule has 3 rings (SSSR count). The maximum Gasteiger partial charge on any atom is 0.265 e. The Hall–Kier alpha value is -2.18. The van der Waals surface area contributed by atoms with Crippen molar-refractivity contribution in [2.75, 3.05) is 11.9 Å². The van der Waals surface area contributed by atoms with Crippen LogP contribution in [0.4, 0.5) is 5.69 Å². The number of amides is 2. The summed E-state index contributed by atoms with van der Waals surface area (Å²) in [6, 6.07) is 11.1. The van der Waals surface area contributed by atoms with E-state index in [-0.39, 0.29) is 28.9 Å². The summed E-state index contributed by atoms with van der Waals surface area (Å²) in [6.07, 6.45) is 3.91. The van der Waals surface area contributed by atoms with Gasteiger partial charge in [0.15, 0.2) is 0 Å². The van der Waals surface area contributed by atoms with Crippen LogP contribution >= 0.6 is 11.3 Å². The molecule has 2 N–H and O–H groups in total. The minimum atomic E-state index is -0.127. The van der Waals surface area contributed by atoms with E-state index in [0.29, 0.717) is 16.1 Å². The molecule has 0 saturated carbocycles. The molecular formula is C25H35N3O2S. The molecule has 168 valence electrons. The summed E-state index contributed by atoms with van der Waals surface area (Å²) in [6.45, 7) is 11.8. The van der Waals surface area contributed by atoms with Crippen molar-refractivity contribution in [1.82, 2.24) is 10.2 Å². The second-order valence-corrected chi connectivity index (χ2v) is 10.8. The Labute approximate surface area is 190 Å². The normalized spacial score (nSPS) is 17.8. The summed E-state index contributed by atoms with van der Waals surface area (Å²) in [5.74, 6) is -0.0547. The smallest absolute Gasteiger partial charge is 0.265 e. The highest BCUT2D eigenvalue weighted by atomic mass is 32.1. The Morgan fingerprint density at radius 2 is 1.74 bits per heavy atom. The first-order valence-corrected chi connectivity index (χ1v) is 12.0. The molecule has 2 heterocycles. The number of rotatable bonds is 7. The highest BCUT2D eigenvalue weighted by Crippen LogP contribution is 2.32. The maximum absolute atomic E-state index is 13.5. The van der Waals surface area contributed by atoms with Crippen molar-refractivity contribution < 1.29 is 9.59 Å². The monoisotopic (exact) mass is 441 g/mol. The van der Waals surface area contributed by atoms with Gasteiger partial charge in [0, 0.05) is 34.9 Å². The summed E-state index contributed by atoms with van der Waals surface area (Å²) in [5.41, 5.74) is 1.32. The van der Waals surface area contributed by atoms with Crippen LogP contribution in [-0.2, 0) is 0 Å². The van der Waals surface area contributed by atoms with Crippen molar-refractivity contribution >= 4 is 28.8 Å². The predicted octanol–water partition coefficient (Wildman–Crippen LogP) is 5.55. The molecule has 5 nitrogen and oxygen atoms in total. The van der Waals surface area contributed by atoms with Gasteiger partial charge in [0.1, 0.15) is 0 Å². The van der Waals surface area contributed by atoms with Crippen LogP contribution in [0.2, 0.25) is 0 Å². The van der Waals surface area contributed by atoms with Crippen molar-refractivity contribution in [3.63, 3.8) is 0 Å². The molecule has 2 amide bonds. The predicted molar refractivity (Wildman–Crippen MR) is 129 cm³/mol. The Kier molecular flexibility index (Phi) is 7.22. The zero-order valence-electron chi connectivity index (χ0n) is 19.3. The van der Waals surface area contributed by atoms with Gasteiger partial charge >= 0.3 is 0 Å². The number of unbranched alkanes of at least 4 members (excludes halogenated alkanes) is 1. The standard InChI is InChI=1S/C25H35N3O2S/c1-6-7-14-28(20-16-24(2,3)27-25(4,5)17-20)23(30)18-10-12-19(13-11-18)26-22(29)21-9-8-15-31-21/h8-13,15,20,27H,6-7,14,16-17H2,1-5H3,(H,26,29). The zero-order valence-corrected chi connectivity index (χ0v) is 20.1. The van der Waals surface area contributed by atoms with Crippen molar-refractivity contribution in [2.45, 2.75) is 77.4 Å². The summed E-state index contributed by atoms with van der Waals surface area (Å²) < 4.78 is 0. The fourth-order valence-electron chi connectivity index (χ4n) is 4.73. The molecule has 1 aliphatic rings. The molecule has 0 radical (unpaired) electrons. The molecule has 0 bridgehead atoms. The molecule has 31 heavy (non-hydrogen) atoms. The zero-order chi connectivity index (χ0) is 22.6. The molecule has 1 aromatic carbocycles. The summed E-state index contributed by atoms with van der Waals surface area (Å²) in [4.78, 5) is 28.5. The van der Waals surface area contributed by atoms with Gasteiger partial charge in [0.05, 0.1) is 4.88 Å². The van der Waals surface area contributed by atoms with E-state index in [4.69, 9.17) is 0 Å². The molecular weight excluding hydrogens is 406 g/mol. The van der Waals surface area contributed by atoms with Crippen LogP contribution in [-0.4, -0.2) is 40.4 Å². The number of thiophene rings is 1. The largest absolute Gasteiger partial charge is 0.336 e. The SMILES string of the molecule is CCCCN(C(=O)c1ccc(NC(=O)c2cccs2)cc1)C1CC(C)(C)NC(C)(C)C1.